The molecule has 0 saturated carbocycles. The highest BCUT2D eigenvalue weighted by Crippen LogP contribution is 2.19. The number of anilines is 2. The Kier molecular flexibility index (Phi) is 4.95. The fourth-order valence-corrected chi connectivity index (χ4v) is 2.35. The Labute approximate surface area is 107 Å². The van der Waals surface area contributed by atoms with E-state index in [0.29, 0.717) is 23.5 Å². The van der Waals surface area contributed by atoms with E-state index in [1.807, 2.05) is 6.07 Å². The third-order valence-corrected chi connectivity index (χ3v) is 3.70. The van der Waals surface area contributed by atoms with Gasteiger partial charge in [0.1, 0.15) is 0 Å². The molecule has 0 aromatic heterocycles. The van der Waals surface area contributed by atoms with E-state index in [4.69, 9.17) is 11.0 Å². The van der Waals surface area contributed by atoms with Crippen LogP contribution in [0, 0.1) is 11.3 Å². The zero-order valence-electron chi connectivity index (χ0n) is 10.1. The Morgan fingerprint density at radius 3 is 2.78 bits per heavy atom. The van der Waals surface area contributed by atoms with Crippen molar-refractivity contribution in [3.05, 3.63) is 23.8 Å². The zero-order chi connectivity index (χ0) is 13.6. The Bertz CT molecular complexity index is 549. The average Bonchev–Trinajstić information content (AvgIpc) is 2.31. The van der Waals surface area contributed by atoms with Crippen molar-refractivity contribution in [3.63, 3.8) is 0 Å². The first-order chi connectivity index (χ1) is 8.48. The minimum atomic E-state index is -3.25. The van der Waals surface area contributed by atoms with Crippen molar-refractivity contribution in [1.29, 1.82) is 5.26 Å². The molecule has 0 bridgehead atoms. The molecule has 0 atom stereocenters. The molecule has 0 amide bonds. The molecular weight excluding hydrogens is 252 g/mol. The van der Waals surface area contributed by atoms with Crippen LogP contribution in [0.1, 0.15) is 12.5 Å². The first-order valence-electron chi connectivity index (χ1n) is 5.49. The first kappa shape index (κ1) is 14.3. The van der Waals surface area contributed by atoms with E-state index in [9.17, 15) is 8.42 Å². The number of nitrogens with one attached hydrogen (secondary N) is 2. The van der Waals surface area contributed by atoms with Crippen molar-refractivity contribution in [2.24, 2.45) is 0 Å². The van der Waals surface area contributed by atoms with Gasteiger partial charge < -0.3 is 11.1 Å². The smallest absolute Gasteiger partial charge is 0.213 e. The summed E-state index contributed by atoms with van der Waals surface area (Å²) in [6.45, 7) is 2.32. The van der Waals surface area contributed by atoms with Gasteiger partial charge in [-0.1, -0.05) is 6.92 Å². The van der Waals surface area contributed by atoms with Crippen molar-refractivity contribution in [2.75, 3.05) is 29.9 Å². The van der Waals surface area contributed by atoms with Gasteiger partial charge in [-0.05, 0) is 18.2 Å². The van der Waals surface area contributed by atoms with E-state index in [0.717, 1.165) is 0 Å². The molecule has 1 aromatic rings. The topological polar surface area (TPSA) is 108 Å². The van der Waals surface area contributed by atoms with Gasteiger partial charge in [-0.15, -0.1) is 0 Å². The molecule has 6 nitrogen and oxygen atoms in total. The molecule has 98 valence electrons. The summed E-state index contributed by atoms with van der Waals surface area (Å²) in [7, 11) is -3.25. The predicted octanol–water partition coefficient (Wildman–Crippen LogP) is 0.492. The van der Waals surface area contributed by atoms with E-state index >= 15 is 0 Å². The summed E-state index contributed by atoms with van der Waals surface area (Å²) in [4.78, 5) is 0. The van der Waals surface area contributed by atoms with E-state index in [-0.39, 0.29) is 12.3 Å². The Balaban J connectivity index is 2.62. The number of nitrogen functional groups attached to an aromatic ring is 1. The maximum atomic E-state index is 11.4. The van der Waals surface area contributed by atoms with Crippen molar-refractivity contribution in [2.45, 2.75) is 6.92 Å². The molecular formula is C11H16N4O2S. The third-order valence-electron chi connectivity index (χ3n) is 2.23. The number of benzene rings is 1. The van der Waals surface area contributed by atoms with Crippen molar-refractivity contribution >= 4 is 21.4 Å². The summed E-state index contributed by atoms with van der Waals surface area (Å²) in [5.74, 6) is -0.0446. The maximum absolute atomic E-state index is 11.4. The molecule has 0 aliphatic heterocycles. The molecule has 0 spiro atoms. The molecule has 0 heterocycles. The number of hydrogen-bond acceptors (Lipinski definition) is 5. The largest absolute Gasteiger partial charge is 0.397 e. The minimum Gasteiger partial charge on any atom is -0.397 e. The molecule has 0 radical (unpaired) electrons. The van der Waals surface area contributed by atoms with Gasteiger partial charge in [0.15, 0.2) is 0 Å². The maximum Gasteiger partial charge on any atom is 0.213 e. The van der Waals surface area contributed by atoms with Gasteiger partial charge >= 0.3 is 0 Å². The second-order valence-electron chi connectivity index (χ2n) is 3.66. The molecule has 1 aromatic carbocycles. The summed E-state index contributed by atoms with van der Waals surface area (Å²) >= 11 is 0. The summed E-state index contributed by atoms with van der Waals surface area (Å²) < 4.78 is 25.2. The van der Waals surface area contributed by atoms with Gasteiger partial charge in [0.25, 0.3) is 0 Å². The monoisotopic (exact) mass is 268 g/mol. The summed E-state index contributed by atoms with van der Waals surface area (Å²) in [5, 5.41) is 11.7. The van der Waals surface area contributed by atoms with Gasteiger partial charge in [0.2, 0.25) is 10.0 Å². The minimum absolute atomic E-state index is 0.0446. The van der Waals surface area contributed by atoms with E-state index in [1.54, 1.807) is 25.1 Å². The highest BCUT2D eigenvalue weighted by molar-refractivity contribution is 7.89. The normalized spacial score (nSPS) is 10.9. The van der Waals surface area contributed by atoms with Crippen LogP contribution in [0.4, 0.5) is 11.4 Å². The van der Waals surface area contributed by atoms with Crippen LogP contribution in [0.25, 0.3) is 0 Å². The summed E-state index contributed by atoms with van der Waals surface area (Å²) in [6.07, 6.45) is 0. The number of nitriles is 1. The van der Waals surface area contributed by atoms with Gasteiger partial charge in [0, 0.05) is 13.1 Å². The fraction of sp³-hybridized carbons (Fsp3) is 0.364. The zero-order valence-corrected chi connectivity index (χ0v) is 10.9. The Morgan fingerprint density at radius 2 is 2.17 bits per heavy atom. The summed E-state index contributed by atoms with van der Waals surface area (Å²) in [6, 6.07) is 6.81. The van der Waals surface area contributed by atoms with Crippen LogP contribution in [-0.2, 0) is 10.0 Å². The number of hydrogen-bond donors (Lipinski definition) is 3. The first-order valence-corrected chi connectivity index (χ1v) is 7.14. The van der Waals surface area contributed by atoms with Crippen molar-refractivity contribution in [1.82, 2.24) is 4.72 Å². The van der Waals surface area contributed by atoms with E-state index < -0.39 is 10.0 Å². The molecule has 0 aliphatic rings. The lowest BCUT2D eigenvalue weighted by atomic mass is 10.2. The lowest BCUT2D eigenvalue weighted by molar-refractivity contribution is 0.584. The second-order valence-corrected chi connectivity index (χ2v) is 5.58. The van der Waals surface area contributed by atoms with Gasteiger partial charge in [-0.25, -0.2) is 13.1 Å². The van der Waals surface area contributed by atoms with Crippen LogP contribution in [0.3, 0.4) is 0 Å². The van der Waals surface area contributed by atoms with Crippen LogP contribution in [-0.4, -0.2) is 27.3 Å². The van der Waals surface area contributed by atoms with Gasteiger partial charge in [0.05, 0.1) is 28.8 Å². The molecule has 0 fully saturated rings. The highest BCUT2D eigenvalue weighted by Gasteiger charge is 2.08. The van der Waals surface area contributed by atoms with E-state index in [2.05, 4.69) is 10.0 Å². The number of nitrogens with two attached hydrogens (primary N) is 1. The van der Waals surface area contributed by atoms with Gasteiger partial charge in [-0.2, -0.15) is 5.26 Å². The van der Waals surface area contributed by atoms with Crippen LogP contribution in [0.15, 0.2) is 18.2 Å². The molecule has 0 saturated heterocycles. The Hall–Kier alpha value is -1.78. The van der Waals surface area contributed by atoms with E-state index in [1.165, 1.54) is 0 Å². The SMILES string of the molecule is CCNS(=O)(=O)CCNc1cc(C#N)ccc1N. The average molecular weight is 268 g/mol. The predicted molar refractivity (Wildman–Crippen MR) is 71.5 cm³/mol. The quantitative estimate of drug-likeness (QED) is 0.651. The van der Waals surface area contributed by atoms with Crippen LogP contribution in [0.2, 0.25) is 0 Å². The van der Waals surface area contributed by atoms with Crippen molar-refractivity contribution < 1.29 is 8.42 Å². The standard InChI is InChI=1S/C11H16N4O2S/c1-2-15-18(16,17)6-5-14-11-7-9(8-12)3-4-10(11)13/h3-4,7,14-15H,2,5-6,13H2,1H3. The lowest BCUT2D eigenvalue weighted by Gasteiger charge is -2.10. The third kappa shape index (κ3) is 4.24. The molecule has 18 heavy (non-hydrogen) atoms. The highest BCUT2D eigenvalue weighted by atomic mass is 32.2. The molecule has 7 heteroatoms. The molecule has 1 rings (SSSR count). The fourth-order valence-electron chi connectivity index (χ4n) is 1.39. The lowest BCUT2D eigenvalue weighted by Crippen LogP contribution is -2.29. The van der Waals surface area contributed by atoms with Crippen LogP contribution < -0.4 is 15.8 Å². The number of sulfonamides is 1. The van der Waals surface area contributed by atoms with Crippen LogP contribution >= 0.6 is 0 Å². The summed E-state index contributed by atoms with van der Waals surface area (Å²) in [5.41, 5.74) is 7.24. The number of rotatable bonds is 6. The molecule has 4 N–H and O–H groups in total. The second kappa shape index (κ2) is 6.23. The van der Waals surface area contributed by atoms with Crippen molar-refractivity contribution in [3.8, 4) is 6.07 Å². The van der Waals surface area contributed by atoms with Crippen LogP contribution in [0.5, 0.6) is 0 Å². The number of nitrogens with zero attached hydrogens (tertiary/aromatic N) is 1. The molecule has 0 unspecified atom stereocenters. The molecule has 0 aliphatic carbocycles. The van der Waals surface area contributed by atoms with Gasteiger partial charge in [-0.3, -0.25) is 0 Å². The Morgan fingerprint density at radius 1 is 1.44 bits per heavy atom.